The van der Waals surface area contributed by atoms with Gasteiger partial charge in [0.2, 0.25) is 0 Å². The molecule has 2 rings (SSSR count). The van der Waals surface area contributed by atoms with Crippen molar-refractivity contribution in [2.24, 2.45) is 0 Å². The van der Waals surface area contributed by atoms with E-state index < -0.39 is 0 Å². The molecule has 4 heteroatoms. The summed E-state index contributed by atoms with van der Waals surface area (Å²) in [6.07, 6.45) is 2.10. The maximum absolute atomic E-state index is 12.3. The monoisotopic (exact) mass is 248 g/mol. The van der Waals surface area contributed by atoms with Crippen LogP contribution in [0.4, 0.5) is 0 Å². The normalized spacial score (nSPS) is 19.6. The highest BCUT2D eigenvalue weighted by molar-refractivity contribution is 5.97. The summed E-state index contributed by atoms with van der Waals surface area (Å²) in [6, 6.07) is 5.38. The van der Waals surface area contributed by atoms with Gasteiger partial charge in [-0.1, -0.05) is 6.07 Å². The zero-order valence-corrected chi connectivity index (χ0v) is 10.9. The van der Waals surface area contributed by atoms with Crippen LogP contribution in [-0.2, 0) is 0 Å². The average molecular weight is 248 g/mol. The summed E-state index contributed by atoms with van der Waals surface area (Å²) >= 11 is 0. The second kappa shape index (κ2) is 5.40. The van der Waals surface area contributed by atoms with Crippen molar-refractivity contribution in [3.8, 4) is 5.75 Å². The van der Waals surface area contributed by atoms with Gasteiger partial charge in [-0.3, -0.25) is 4.79 Å². The first-order valence-electron chi connectivity index (χ1n) is 6.37. The first-order valence-corrected chi connectivity index (χ1v) is 6.37. The lowest BCUT2D eigenvalue weighted by Crippen LogP contribution is -2.46. The molecule has 0 radical (unpaired) electrons. The number of aromatic hydroxyl groups is 1. The van der Waals surface area contributed by atoms with Gasteiger partial charge < -0.3 is 15.3 Å². The van der Waals surface area contributed by atoms with Crippen molar-refractivity contribution in [1.29, 1.82) is 0 Å². The second-order valence-corrected chi connectivity index (χ2v) is 4.94. The number of rotatable bonds is 2. The molecule has 1 fully saturated rings. The van der Waals surface area contributed by atoms with E-state index in [1.807, 2.05) is 13.0 Å². The van der Waals surface area contributed by atoms with Gasteiger partial charge >= 0.3 is 0 Å². The molecule has 0 saturated carbocycles. The number of amides is 1. The summed E-state index contributed by atoms with van der Waals surface area (Å²) in [5, 5.41) is 13.1. The van der Waals surface area contributed by atoms with Gasteiger partial charge in [0.05, 0.1) is 5.56 Å². The third kappa shape index (κ3) is 2.64. The fourth-order valence-corrected chi connectivity index (χ4v) is 2.34. The van der Waals surface area contributed by atoms with Crippen LogP contribution >= 0.6 is 0 Å². The lowest BCUT2D eigenvalue weighted by molar-refractivity contribution is 0.0705. The summed E-state index contributed by atoms with van der Waals surface area (Å²) in [4.78, 5) is 14.0. The van der Waals surface area contributed by atoms with E-state index in [-0.39, 0.29) is 17.7 Å². The molecule has 1 aromatic rings. The van der Waals surface area contributed by atoms with Gasteiger partial charge in [-0.15, -0.1) is 0 Å². The Morgan fingerprint density at radius 2 is 2.28 bits per heavy atom. The molecule has 18 heavy (non-hydrogen) atoms. The van der Waals surface area contributed by atoms with Crippen molar-refractivity contribution in [3.63, 3.8) is 0 Å². The standard InChI is InChI=1S/C14H20N2O2/c1-10-5-6-12(13(17)8-10)14(18)16(2)11-4-3-7-15-9-11/h5-6,8,11,15,17H,3-4,7,9H2,1-2H3. The first-order chi connectivity index (χ1) is 8.59. The van der Waals surface area contributed by atoms with Crippen LogP contribution in [0.5, 0.6) is 5.75 Å². The lowest BCUT2D eigenvalue weighted by Gasteiger charge is -2.31. The van der Waals surface area contributed by atoms with Gasteiger partial charge in [-0.2, -0.15) is 0 Å². The lowest BCUT2D eigenvalue weighted by atomic mass is 10.0. The molecule has 0 aliphatic carbocycles. The number of carbonyl (C=O) groups excluding carboxylic acids is 1. The molecule has 2 N–H and O–H groups in total. The van der Waals surface area contributed by atoms with E-state index in [0.717, 1.165) is 31.5 Å². The highest BCUT2D eigenvalue weighted by atomic mass is 16.3. The highest BCUT2D eigenvalue weighted by Gasteiger charge is 2.24. The number of nitrogens with one attached hydrogen (secondary N) is 1. The first kappa shape index (κ1) is 12.9. The van der Waals surface area contributed by atoms with Gasteiger partial charge in [-0.05, 0) is 44.0 Å². The van der Waals surface area contributed by atoms with Crippen LogP contribution in [0.2, 0.25) is 0 Å². The summed E-state index contributed by atoms with van der Waals surface area (Å²) in [6.45, 7) is 3.74. The van der Waals surface area contributed by atoms with Gasteiger partial charge in [0.25, 0.3) is 5.91 Å². The molecule has 1 aromatic carbocycles. The summed E-state index contributed by atoms with van der Waals surface area (Å²) in [5.41, 5.74) is 1.33. The number of likely N-dealkylation sites (N-methyl/N-ethyl adjacent to an activating group) is 1. The number of hydrogen-bond acceptors (Lipinski definition) is 3. The quantitative estimate of drug-likeness (QED) is 0.834. The second-order valence-electron chi connectivity index (χ2n) is 4.94. The third-order valence-electron chi connectivity index (χ3n) is 3.52. The van der Waals surface area contributed by atoms with Crippen LogP contribution in [0.25, 0.3) is 0 Å². The number of benzene rings is 1. The highest BCUT2D eigenvalue weighted by Crippen LogP contribution is 2.21. The largest absolute Gasteiger partial charge is 0.507 e. The number of phenols is 1. The number of piperidine rings is 1. The van der Waals surface area contributed by atoms with Crippen LogP contribution in [-0.4, -0.2) is 42.1 Å². The molecular formula is C14H20N2O2. The van der Waals surface area contributed by atoms with E-state index in [2.05, 4.69) is 5.32 Å². The van der Waals surface area contributed by atoms with Crippen molar-refractivity contribution < 1.29 is 9.90 Å². The Morgan fingerprint density at radius 1 is 1.50 bits per heavy atom. The fraction of sp³-hybridized carbons (Fsp3) is 0.500. The van der Waals surface area contributed by atoms with Crippen molar-refractivity contribution >= 4 is 5.91 Å². The van der Waals surface area contributed by atoms with E-state index in [9.17, 15) is 9.90 Å². The van der Waals surface area contributed by atoms with Crippen molar-refractivity contribution in [2.45, 2.75) is 25.8 Å². The number of nitrogens with zero attached hydrogens (tertiary/aromatic N) is 1. The van der Waals surface area contributed by atoms with Crippen LogP contribution in [0.1, 0.15) is 28.8 Å². The topological polar surface area (TPSA) is 52.6 Å². The third-order valence-corrected chi connectivity index (χ3v) is 3.52. The molecule has 0 aromatic heterocycles. The molecular weight excluding hydrogens is 228 g/mol. The summed E-state index contributed by atoms with van der Waals surface area (Å²) in [5.74, 6) is -0.0446. The Bertz CT molecular complexity index is 439. The molecule has 1 saturated heterocycles. The van der Waals surface area contributed by atoms with Gasteiger partial charge in [-0.25, -0.2) is 0 Å². The summed E-state index contributed by atoms with van der Waals surface area (Å²) < 4.78 is 0. The number of phenolic OH excluding ortho intramolecular Hbond substituents is 1. The van der Waals surface area contributed by atoms with Crippen LogP contribution in [0, 0.1) is 6.92 Å². The predicted molar refractivity (Wildman–Crippen MR) is 70.8 cm³/mol. The van der Waals surface area contributed by atoms with E-state index in [1.165, 1.54) is 0 Å². The minimum absolute atomic E-state index is 0.0654. The molecule has 1 heterocycles. The maximum atomic E-state index is 12.3. The summed E-state index contributed by atoms with van der Waals surface area (Å²) in [7, 11) is 1.80. The van der Waals surface area contributed by atoms with Gasteiger partial charge in [0.15, 0.2) is 0 Å². The molecule has 1 atom stereocenters. The van der Waals surface area contributed by atoms with Crippen LogP contribution < -0.4 is 5.32 Å². The smallest absolute Gasteiger partial charge is 0.257 e. The zero-order valence-electron chi connectivity index (χ0n) is 10.9. The van der Waals surface area contributed by atoms with E-state index in [4.69, 9.17) is 0 Å². The molecule has 4 nitrogen and oxygen atoms in total. The Labute approximate surface area is 108 Å². The molecule has 1 aliphatic heterocycles. The average Bonchev–Trinajstić information content (AvgIpc) is 2.38. The predicted octanol–water partition coefficient (Wildman–Crippen LogP) is 1.52. The fourth-order valence-electron chi connectivity index (χ4n) is 2.34. The minimum Gasteiger partial charge on any atom is -0.507 e. The van der Waals surface area contributed by atoms with E-state index in [1.54, 1.807) is 24.1 Å². The molecule has 1 amide bonds. The Kier molecular flexibility index (Phi) is 3.87. The molecule has 98 valence electrons. The van der Waals surface area contributed by atoms with E-state index in [0.29, 0.717) is 5.56 Å². The van der Waals surface area contributed by atoms with Crippen molar-refractivity contribution in [3.05, 3.63) is 29.3 Å². The Morgan fingerprint density at radius 3 is 2.89 bits per heavy atom. The van der Waals surface area contributed by atoms with Crippen LogP contribution in [0.15, 0.2) is 18.2 Å². The van der Waals surface area contributed by atoms with Crippen LogP contribution in [0.3, 0.4) is 0 Å². The number of carbonyl (C=O) groups is 1. The van der Waals surface area contributed by atoms with Crippen molar-refractivity contribution in [2.75, 3.05) is 20.1 Å². The molecule has 1 unspecified atom stereocenters. The number of aryl methyl sites for hydroxylation is 1. The maximum Gasteiger partial charge on any atom is 0.257 e. The zero-order chi connectivity index (χ0) is 13.1. The SMILES string of the molecule is Cc1ccc(C(=O)N(C)C2CCCNC2)c(O)c1. The van der Waals surface area contributed by atoms with Gasteiger partial charge in [0, 0.05) is 19.6 Å². The Balaban J connectivity index is 2.14. The number of hydrogen-bond donors (Lipinski definition) is 2. The Hall–Kier alpha value is -1.55. The molecule has 1 aliphatic rings. The minimum atomic E-state index is -0.110. The molecule has 0 spiro atoms. The van der Waals surface area contributed by atoms with Gasteiger partial charge in [0.1, 0.15) is 5.75 Å². The van der Waals surface area contributed by atoms with Crippen molar-refractivity contribution in [1.82, 2.24) is 10.2 Å². The van der Waals surface area contributed by atoms with E-state index >= 15 is 0 Å². The molecule has 0 bridgehead atoms.